The van der Waals surface area contributed by atoms with Crippen molar-refractivity contribution < 1.29 is 27.5 Å². The molecule has 1 fully saturated rings. The van der Waals surface area contributed by atoms with Crippen molar-refractivity contribution in [2.45, 2.75) is 24.4 Å². The van der Waals surface area contributed by atoms with Crippen LogP contribution in [0.3, 0.4) is 0 Å². The second kappa shape index (κ2) is 11.3. The van der Waals surface area contributed by atoms with Crippen LogP contribution in [0.5, 0.6) is 5.75 Å². The third kappa shape index (κ3) is 6.31. The molecule has 0 aliphatic carbocycles. The Kier molecular flexibility index (Phi) is 8.43. The molecule has 178 valence electrons. The Morgan fingerprint density at radius 2 is 1.85 bits per heavy atom. The Labute approximate surface area is 194 Å². The SMILES string of the molecule is CCOC(=O)CN1CCN(S(=O)(=O)c2cccc(OC)c2)C(C(=O)NCc2ccccc2)C1. The predicted octanol–water partition coefficient (Wildman–Crippen LogP) is 1.25. The third-order valence-corrected chi connectivity index (χ3v) is 7.24. The molecule has 9 nitrogen and oxygen atoms in total. The van der Waals surface area contributed by atoms with Crippen LogP contribution in [-0.2, 0) is 30.9 Å². The van der Waals surface area contributed by atoms with Gasteiger partial charge in [0, 0.05) is 32.2 Å². The molecule has 10 heteroatoms. The minimum atomic E-state index is -3.98. The lowest BCUT2D eigenvalue weighted by Gasteiger charge is -2.39. The van der Waals surface area contributed by atoms with Crippen LogP contribution in [0.15, 0.2) is 59.5 Å². The van der Waals surface area contributed by atoms with Crippen molar-refractivity contribution in [3.63, 3.8) is 0 Å². The van der Waals surface area contributed by atoms with Crippen molar-refractivity contribution in [1.82, 2.24) is 14.5 Å². The molecule has 0 radical (unpaired) electrons. The van der Waals surface area contributed by atoms with Gasteiger partial charge in [0.25, 0.3) is 0 Å². The first-order valence-corrected chi connectivity index (χ1v) is 12.1. The van der Waals surface area contributed by atoms with Gasteiger partial charge in [-0.1, -0.05) is 36.4 Å². The topological polar surface area (TPSA) is 105 Å². The molecule has 1 unspecified atom stereocenters. The van der Waals surface area contributed by atoms with Crippen LogP contribution < -0.4 is 10.1 Å². The van der Waals surface area contributed by atoms with E-state index >= 15 is 0 Å². The van der Waals surface area contributed by atoms with Gasteiger partial charge in [0.15, 0.2) is 0 Å². The molecule has 1 heterocycles. The Hall–Kier alpha value is -2.95. The molecule has 0 aromatic heterocycles. The van der Waals surface area contributed by atoms with Gasteiger partial charge in [0.1, 0.15) is 11.8 Å². The van der Waals surface area contributed by atoms with Gasteiger partial charge >= 0.3 is 5.97 Å². The number of hydrogen-bond donors (Lipinski definition) is 1. The average Bonchev–Trinajstić information content (AvgIpc) is 2.83. The van der Waals surface area contributed by atoms with Crippen molar-refractivity contribution in [3.05, 3.63) is 60.2 Å². The number of benzene rings is 2. The highest BCUT2D eigenvalue weighted by Gasteiger charge is 2.40. The number of rotatable bonds is 9. The smallest absolute Gasteiger partial charge is 0.320 e. The quantitative estimate of drug-likeness (QED) is 0.544. The lowest BCUT2D eigenvalue weighted by Crippen LogP contribution is -2.61. The van der Waals surface area contributed by atoms with Gasteiger partial charge in [-0.3, -0.25) is 14.5 Å². The molecule has 2 aromatic rings. The number of carbonyl (C=O) groups is 2. The molecule has 3 rings (SSSR count). The summed E-state index contributed by atoms with van der Waals surface area (Å²) in [4.78, 5) is 26.9. The minimum absolute atomic E-state index is 0.0106. The zero-order chi connectivity index (χ0) is 23.8. The zero-order valence-corrected chi connectivity index (χ0v) is 19.6. The van der Waals surface area contributed by atoms with Crippen molar-refractivity contribution in [1.29, 1.82) is 0 Å². The largest absolute Gasteiger partial charge is 0.497 e. The second-order valence-corrected chi connectivity index (χ2v) is 9.44. The maximum absolute atomic E-state index is 13.5. The molecule has 1 N–H and O–H groups in total. The molecular weight excluding hydrogens is 446 g/mol. The van der Waals surface area contributed by atoms with Gasteiger partial charge in [-0.2, -0.15) is 4.31 Å². The molecule has 0 spiro atoms. The number of amides is 1. The summed E-state index contributed by atoms with van der Waals surface area (Å²) in [7, 11) is -2.53. The summed E-state index contributed by atoms with van der Waals surface area (Å²) in [5.74, 6) is -0.439. The number of nitrogens with zero attached hydrogens (tertiary/aromatic N) is 2. The molecule has 0 saturated carbocycles. The maximum Gasteiger partial charge on any atom is 0.320 e. The number of piperazine rings is 1. The normalized spacial score (nSPS) is 17.3. The van der Waals surface area contributed by atoms with Gasteiger partial charge in [-0.15, -0.1) is 0 Å². The van der Waals surface area contributed by atoms with Crippen molar-refractivity contribution in [2.75, 3.05) is 39.9 Å². The predicted molar refractivity (Wildman–Crippen MR) is 122 cm³/mol. The maximum atomic E-state index is 13.5. The Morgan fingerprint density at radius 3 is 2.55 bits per heavy atom. The minimum Gasteiger partial charge on any atom is -0.497 e. The lowest BCUT2D eigenvalue weighted by atomic mass is 10.1. The molecular formula is C23H29N3O6S. The van der Waals surface area contributed by atoms with Crippen LogP contribution in [0.1, 0.15) is 12.5 Å². The number of carbonyl (C=O) groups excluding carboxylic acids is 2. The van der Waals surface area contributed by atoms with Crippen LogP contribution in [0.2, 0.25) is 0 Å². The molecule has 1 aliphatic rings. The summed E-state index contributed by atoms with van der Waals surface area (Å²) >= 11 is 0. The monoisotopic (exact) mass is 475 g/mol. The standard InChI is InChI=1S/C23H29N3O6S/c1-3-32-22(27)17-25-12-13-26(33(29,30)20-11-7-10-19(14-20)31-2)21(16-25)23(28)24-15-18-8-5-4-6-9-18/h4-11,14,21H,3,12-13,15-17H2,1-2H3,(H,24,28). The van der Waals surface area contributed by atoms with Crippen LogP contribution in [0.4, 0.5) is 0 Å². The summed E-state index contributed by atoms with van der Waals surface area (Å²) < 4.78 is 38.3. The van der Waals surface area contributed by atoms with E-state index < -0.39 is 27.9 Å². The fraction of sp³-hybridized carbons (Fsp3) is 0.391. The highest BCUT2D eigenvalue weighted by molar-refractivity contribution is 7.89. The first-order chi connectivity index (χ1) is 15.8. The van der Waals surface area contributed by atoms with Crippen LogP contribution >= 0.6 is 0 Å². The van der Waals surface area contributed by atoms with Gasteiger partial charge in [-0.05, 0) is 24.6 Å². The summed E-state index contributed by atoms with van der Waals surface area (Å²) in [6, 6.07) is 14.5. The Balaban J connectivity index is 1.83. The molecule has 1 aliphatic heterocycles. The Morgan fingerprint density at radius 1 is 1.09 bits per heavy atom. The van der Waals surface area contributed by atoms with Crippen molar-refractivity contribution >= 4 is 21.9 Å². The van der Waals surface area contributed by atoms with E-state index in [-0.39, 0.29) is 37.7 Å². The van der Waals surface area contributed by atoms with Gasteiger partial charge in [0.2, 0.25) is 15.9 Å². The first kappa shape index (κ1) is 24.7. The van der Waals surface area contributed by atoms with E-state index in [1.807, 2.05) is 30.3 Å². The first-order valence-electron chi connectivity index (χ1n) is 10.7. The van der Waals surface area contributed by atoms with E-state index in [9.17, 15) is 18.0 Å². The fourth-order valence-electron chi connectivity index (χ4n) is 3.66. The summed E-state index contributed by atoms with van der Waals surface area (Å²) in [5, 5.41) is 2.83. The van der Waals surface area contributed by atoms with Crippen LogP contribution in [-0.4, -0.2) is 75.4 Å². The van der Waals surface area contributed by atoms with Gasteiger partial charge in [-0.25, -0.2) is 8.42 Å². The van der Waals surface area contributed by atoms with E-state index in [1.54, 1.807) is 24.0 Å². The molecule has 1 atom stereocenters. The number of methoxy groups -OCH3 is 1. The highest BCUT2D eigenvalue weighted by Crippen LogP contribution is 2.25. The molecule has 1 amide bonds. The van der Waals surface area contributed by atoms with Crippen LogP contribution in [0.25, 0.3) is 0 Å². The summed E-state index contributed by atoms with van der Waals surface area (Å²) in [6.07, 6.45) is 0. The average molecular weight is 476 g/mol. The zero-order valence-electron chi connectivity index (χ0n) is 18.8. The van der Waals surface area contributed by atoms with E-state index in [4.69, 9.17) is 9.47 Å². The van der Waals surface area contributed by atoms with E-state index in [0.717, 1.165) is 5.56 Å². The molecule has 1 saturated heterocycles. The van der Waals surface area contributed by atoms with Crippen LogP contribution in [0, 0.1) is 0 Å². The lowest BCUT2D eigenvalue weighted by molar-refractivity contribution is -0.145. The Bertz CT molecular complexity index is 1060. The summed E-state index contributed by atoms with van der Waals surface area (Å²) in [6.45, 7) is 2.65. The number of esters is 1. The van der Waals surface area contributed by atoms with E-state index in [1.165, 1.54) is 23.5 Å². The number of hydrogen-bond acceptors (Lipinski definition) is 7. The summed E-state index contributed by atoms with van der Waals surface area (Å²) in [5.41, 5.74) is 0.896. The highest BCUT2D eigenvalue weighted by atomic mass is 32.2. The molecule has 0 bridgehead atoms. The number of ether oxygens (including phenoxy) is 2. The molecule has 2 aromatic carbocycles. The second-order valence-electron chi connectivity index (χ2n) is 7.55. The fourth-order valence-corrected chi connectivity index (χ4v) is 5.26. The van der Waals surface area contributed by atoms with Gasteiger partial charge in [0.05, 0.1) is 25.2 Å². The van der Waals surface area contributed by atoms with E-state index in [2.05, 4.69) is 5.32 Å². The van der Waals surface area contributed by atoms with Crippen molar-refractivity contribution in [3.8, 4) is 5.75 Å². The molecule has 33 heavy (non-hydrogen) atoms. The number of sulfonamides is 1. The van der Waals surface area contributed by atoms with E-state index in [0.29, 0.717) is 12.3 Å². The number of nitrogens with one attached hydrogen (secondary N) is 1. The van der Waals surface area contributed by atoms with Gasteiger partial charge < -0.3 is 14.8 Å². The third-order valence-electron chi connectivity index (χ3n) is 5.33. The van der Waals surface area contributed by atoms with Crippen molar-refractivity contribution in [2.24, 2.45) is 0 Å².